The highest BCUT2D eigenvalue weighted by Gasteiger charge is 2.37. The number of fused-ring (bicyclic) bond motifs is 1. The van der Waals surface area contributed by atoms with Crippen LogP contribution in [0.5, 0.6) is 5.75 Å². The Morgan fingerprint density at radius 3 is 2.70 bits per heavy atom. The van der Waals surface area contributed by atoms with Gasteiger partial charge in [-0.2, -0.15) is 0 Å². The van der Waals surface area contributed by atoms with Crippen molar-refractivity contribution >= 4 is 21.7 Å². The molecular weight excluding hydrogens is 448 g/mol. The van der Waals surface area contributed by atoms with Gasteiger partial charge in [-0.1, -0.05) is 20.8 Å². The molecule has 1 fully saturated rings. The normalized spacial score (nSPS) is 23.0. The summed E-state index contributed by atoms with van der Waals surface area (Å²) in [5.41, 5.74) is 2.63. The standard InChI is InChI=1S/C24H35BrO5/c1-6-19(29-15(3)30-20-10-8-9-13-28-20)17-14-16-18(26)11-12-24(4,5)21(16)22(25)23(17)27-7-2/h14-15,19-20H,6-13H2,1-5H3. The van der Waals surface area contributed by atoms with Crippen molar-refractivity contribution in [3.8, 4) is 5.75 Å². The van der Waals surface area contributed by atoms with Crippen molar-refractivity contribution in [3.05, 3.63) is 27.2 Å². The number of carbonyl (C=O) groups is 1. The van der Waals surface area contributed by atoms with E-state index in [1.807, 2.05) is 19.9 Å². The summed E-state index contributed by atoms with van der Waals surface area (Å²) >= 11 is 3.78. The van der Waals surface area contributed by atoms with E-state index in [-0.39, 0.29) is 23.6 Å². The van der Waals surface area contributed by atoms with Crippen LogP contribution in [-0.2, 0) is 19.6 Å². The lowest BCUT2D eigenvalue weighted by Crippen LogP contribution is -2.30. The van der Waals surface area contributed by atoms with E-state index in [0.29, 0.717) is 13.0 Å². The molecule has 1 aliphatic carbocycles. The molecule has 3 atom stereocenters. The number of carbonyl (C=O) groups excluding carboxylic acids is 1. The summed E-state index contributed by atoms with van der Waals surface area (Å²) in [5.74, 6) is 0.955. The first-order valence-corrected chi connectivity index (χ1v) is 12.0. The highest BCUT2D eigenvalue weighted by molar-refractivity contribution is 9.10. The first-order chi connectivity index (χ1) is 14.3. The Morgan fingerprint density at radius 2 is 2.07 bits per heavy atom. The van der Waals surface area contributed by atoms with Gasteiger partial charge >= 0.3 is 0 Å². The number of ketones is 1. The third-order valence-electron chi connectivity index (χ3n) is 6.05. The highest BCUT2D eigenvalue weighted by Crippen LogP contribution is 2.48. The third kappa shape index (κ3) is 5.09. The van der Waals surface area contributed by atoms with Crippen LogP contribution < -0.4 is 4.74 Å². The molecule has 1 heterocycles. The fourth-order valence-corrected chi connectivity index (χ4v) is 5.53. The minimum absolute atomic E-state index is 0.0935. The number of hydrogen-bond acceptors (Lipinski definition) is 5. The van der Waals surface area contributed by atoms with Gasteiger partial charge in [-0.05, 0) is 78.9 Å². The second-order valence-electron chi connectivity index (χ2n) is 8.80. The van der Waals surface area contributed by atoms with Crippen LogP contribution in [0.3, 0.4) is 0 Å². The Balaban J connectivity index is 1.92. The molecule has 168 valence electrons. The van der Waals surface area contributed by atoms with Gasteiger partial charge in [0.25, 0.3) is 0 Å². The van der Waals surface area contributed by atoms with Gasteiger partial charge in [0.15, 0.2) is 18.4 Å². The molecule has 0 radical (unpaired) electrons. The van der Waals surface area contributed by atoms with Crippen LogP contribution in [0.2, 0.25) is 0 Å². The van der Waals surface area contributed by atoms with Crippen LogP contribution in [0.4, 0.5) is 0 Å². The fraction of sp³-hybridized carbons (Fsp3) is 0.708. The van der Waals surface area contributed by atoms with Crippen LogP contribution in [0.1, 0.15) is 101 Å². The van der Waals surface area contributed by atoms with E-state index in [9.17, 15) is 4.79 Å². The molecule has 0 N–H and O–H groups in total. The molecule has 1 aliphatic heterocycles. The molecular formula is C24H35BrO5. The molecule has 5 nitrogen and oxygen atoms in total. The quantitative estimate of drug-likeness (QED) is 0.398. The maximum atomic E-state index is 12.8. The van der Waals surface area contributed by atoms with Crippen molar-refractivity contribution in [1.29, 1.82) is 0 Å². The van der Waals surface area contributed by atoms with Crippen LogP contribution >= 0.6 is 15.9 Å². The number of ether oxygens (including phenoxy) is 4. The molecule has 0 spiro atoms. The summed E-state index contributed by atoms with van der Waals surface area (Å²) in [6, 6.07) is 1.99. The number of benzene rings is 1. The first-order valence-electron chi connectivity index (χ1n) is 11.2. The summed E-state index contributed by atoms with van der Waals surface area (Å²) in [4.78, 5) is 12.8. The maximum Gasteiger partial charge on any atom is 0.163 e. The largest absolute Gasteiger partial charge is 0.492 e. The second-order valence-corrected chi connectivity index (χ2v) is 9.60. The smallest absolute Gasteiger partial charge is 0.163 e. The summed E-state index contributed by atoms with van der Waals surface area (Å²) < 4.78 is 24.9. The Bertz CT molecular complexity index is 754. The van der Waals surface area contributed by atoms with Crippen molar-refractivity contribution in [2.75, 3.05) is 13.2 Å². The molecule has 1 aromatic carbocycles. The van der Waals surface area contributed by atoms with Crippen LogP contribution in [0.25, 0.3) is 0 Å². The Kier molecular flexibility index (Phi) is 7.99. The zero-order valence-corrected chi connectivity index (χ0v) is 20.5. The van der Waals surface area contributed by atoms with E-state index in [1.165, 1.54) is 0 Å². The van der Waals surface area contributed by atoms with Crippen molar-refractivity contribution in [1.82, 2.24) is 0 Å². The molecule has 30 heavy (non-hydrogen) atoms. The Hall–Kier alpha value is -0.950. The summed E-state index contributed by atoms with van der Waals surface area (Å²) in [6.45, 7) is 11.6. The molecule has 3 rings (SSSR count). The van der Waals surface area contributed by atoms with E-state index >= 15 is 0 Å². The topological polar surface area (TPSA) is 54.0 Å². The maximum absolute atomic E-state index is 12.8. The zero-order chi connectivity index (χ0) is 21.9. The summed E-state index contributed by atoms with van der Waals surface area (Å²) in [7, 11) is 0. The summed E-state index contributed by atoms with van der Waals surface area (Å²) in [5, 5.41) is 0. The molecule has 3 unspecified atom stereocenters. The number of halogens is 1. The Morgan fingerprint density at radius 1 is 1.30 bits per heavy atom. The number of Topliss-reactive ketones (excluding diaryl/α,β-unsaturated/α-hetero) is 1. The van der Waals surface area contributed by atoms with Crippen molar-refractivity contribution < 1.29 is 23.7 Å². The fourth-order valence-electron chi connectivity index (χ4n) is 4.43. The summed E-state index contributed by atoms with van der Waals surface area (Å²) in [6.07, 6.45) is 4.34. The zero-order valence-electron chi connectivity index (χ0n) is 18.9. The lowest BCUT2D eigenvalue weighted by molar-refractivity contribution is -0.261. The molecule has 1 saturated heterocycles. The van der Waals surface area contributed by atoms with E-state index in [0.717, 1.165) is 65.6 Å². The minimum atomic E-state index is -0.422. The van der Waals surface area contributed by atoms with Gasteiger partial charge in [-0.3, -0.25) is 4.79 Å². The van der Waals surface area contributed by atoms with E-state index in [2.05, 4.69) is 36.7 Å². The molecule has 1 aromatic rings. The average molecular weight is 483 g/mol. The third-order valence-corrected chi connectivity index (χ3v) is 6.80. The van der Waals surface area contributed by atoms with Crippen LogP contribution in [0.15, 0.2) is 10.5 Å². The minimum Gasteiger partial charge on any atom is -0.492 e. The molecule has 2 aliphatic rings. The first kappa shape index (κ1) is 23.7. The van der Waals surface area contributed by atoms with Crippen molar-refractivity contribution in [3.63, 3.8) is 0 Å². The van der Waals surface area contributed by atoms with Gasteiger partial charge in [0.2, 0.25) is 0 Å². The van der Waals surface area contributed by atoms with E-state index in [4.69, 9.17) is 18.9 Å². The highest BCUT2D eigenvalue weighted by atomic mass is 79.9. The molecule has 6 heteroatoms. The predicted molar refractivity (Wildman–Crippen MR) is 120 cm³/mol. The average Bonchev–Trinajstić information content (AvgIpc) is 2.71. The van der Waals surface area contributed by atoms with Crippen LogP contribution in [0, 0.1) is 0 Å². The SMILES string of the molecule is CCOc1c(C(CC)OC(C)OC2CCCCO2)cc2c(c1Br)C(C)(C)CCC2=O. The van der Waals surface area contributed by atoms with Crippen molar-refractivity contribution in [2.45, 2.75) is 97.2 Å². The Labute approximate surface area is 188 Å². The van der Waals surface area contributed by atoms with Gasteiger partial charge in [0.05, 0.1) is 17.2 Å². The molecule has 0 saturated carbocycles. The van der Waals surface area contributed by atoms with Crippen molar-refractivity contribution in [2.24, 2.45) is 0 Å². The second kappa shape index (κ2) is 10.1. The monoisotopic (exact) mass is 482 g/mol. The lowest BCUT2D eigenvalue weighted by atomic mass is 9.71. The van der Waals surface area contributed by atoms with Gasteiger partial charge in [0.1, 0.15) is 5.75 Å². The molecule has 0 amide bonds. The number of hydrogen-bond donors (Lipinski definition) is 0. The molecule has 0 bridgehead atoms. The van der Waals surface area contributed by atoms with Crippen LogP contribution in [-0.4, -0.2) is 31.6 Å². The van der Waals surface area contributed by atoms with Gasteiger partial charge < -0.3 is 18.9 Å². The van der Waals surface area contributed by atoms with Gasteiger partial charge in [-0.15, -0.1) is 0 Å². The lowest BCUT2D eigenvalue weighted by Gasteiger charge is -2.35. The predicted octanol–water partition coefficient (Wildman–Crippen LogP) is 6.46. The van der Waals surface area contributed by atoms with Gasteiger partial charge in [-0.25, -0.2) is 0 Å². The number of rotatable bonds is 8. The molecule has 0 aromatic heterocycles. The van der Waals surface area contributed by atoms with Gasteiger partial charge in [0, 0.05) is 24.2 Å². The van der Waals surface area contributed by atoms with E-state index in [1.54, 1.807) is 0 Å². The van der Waals surface area contributed by atoms with E-state index < -0.39 is 6.29 Å².